The first-order chi connectivity index (χ1) is 10.1. The van der Waals surface area contributed by atoms with Crippen LogP contribution in [0, 0.1) is 0 Å². The molecule has 0 atom stereocenters. The third kappa shape index (κ3) is 7.10. The Bertz CT molecular complexity index is 473. The standard InChI is InChI=1S/C14H21F2N3O2.HI/c1-3-8-18-14(17)19-9-10-6-5-7-11(20-4-2)12(10)21-13(15)16;/h5-7,13H,3-4,8-9H2,1-2H3,(H3,17,18,19);1H. The number of halogens is 3. The van der Waals surface area contributed by atoms with E-state index in [1.807, 2.05) is 6.92 Å². The predicted octanol–water partition coefficient (Wildman–Crippen LogP) is 3.12. The van der Waals surface area contributed by atoms with Gasteiger partial charge in [-0.05, 0) is 19.4 Å². The molecule has 0 unspecified atom stereocenters. The van der Waals surface area contributed by atoms with Crippen LogP contribution in [-0.2, 0) is 6.54 Å². The van der Waals surface area contributed by atoms with Gasteiger partial charge in [-0.3, -0.25) is 0 Å². The molecule has 0 saturated carbocycles. The first-order valence-corrected chi connectivity index (χ1v) is 6.81. The molecule has 0 saturated heterocycles. The molecule has 1 aromatic rings. The first-order valence-electron chi connectivity index (χ1n) is 6.81. The van der Waals surface area contributed by atoms with Gasteiger partial charge >= 0.3 is 6.61 Å². The Hall–Kier alpha value is -1.32. The molecule has 0 amide bonds. The number of benzene rings is 1. The summed E-state index contributed by atoms with van der Waals surface area (Å²) in [5, 5.41) is 2.91. The molecule has 0 aromatic heterocycles. The van der Waals surface area contributed by atoms with E-state index in [0.29, 0.717) is 18.7 Å². The number of alkyl halides is 2. The summed E-state index contributed by atoms with van der Waals surface area (Å²) in [7, 11) is 0. The van der Waals surface area contributed by atoms with Gasteiger partial charge in [0.15, 0.2) is 17.5 Å². The summed E-state index contributed by atoms with van der Waals surface area (Å²) in [6.45, 7) is 2.03. The third-order valence-electron chi connectivity index (χ3n) is 2.54. The van der Waals surface area contributed by atoms with Crippen molar-refractivity contribution in [2.24, 2.45) is 10.7 Å². The third-order valence-corrected chi connectivity index (χ3v) is 2.54. The number of guanidine groups is 1. The number of nitrogens with zero attached hydrogens (tertiary/aromatic N) is 1. The van der Waals surface area contributed by atoms with Gasteiger partial charge < -0.3 is 20.5 Å². The molecule has 0 aliphatic carbocycles. The summed E-state index contributed by atoms with van der Waals surface area (Å²) >= 11 is 0. The highest BCUT2D eigenvalue weighted by Gasteiger charge is 2.15. The van der Waals surface area contributed by atoms with E-state index in [9.17, 15) is 8.78 Å². The fourth-order valence-corrected chi connectivity index (χ4v) is 1.66. The van der Waals surface area contributed by atoms with E-state index in [0.717, 1.165) is 6.42 Å². The molecular weight excluding hydrogens is 407 g/mol. The molecule has 0 bridgehead atoms. The van der Waals surface area contributed by atoms with Gasteiger partial charge in [0, 0.05) is 12.1 Å². The van der Waals surface area contributed by atoms with Crippen molar-refractivity contribution in [2.75, 3.05) is 13.2 Å². The van der Waals surface area contributed by atoms with E-state index >= 15 is 0 Å². The lowest BCUT2D eigenvalue weighted by atomic mass is 10.2. The molecular formula is C14H22F2IN3O2. The molecule has 0 heterocycles. The molecule has 0 radical (unpaired) electrons. The van der Waals surface area contributed by atoms with Crippen molar-refractivity contribution >= 4 is 29.9 Å². The Labute approximate surface area is 146 Å². The lowest BCUT2D eigenvalue weighted by Crippen LogP contribution is -2.32. The Morgan fingerprint density at radius 1 is 1.36 bits per heavy atom. The Kier molecular flexibility index (Phi) is 10.6. The second-order valence-electron chi connectivity index (χ2n) is 4.18. The quantitative estimate of drug-likeness (QED) is 0.379. The summed E-state index contributed by atoms with van der Waals surface area (Å²) in [4.78, 5) is 4.10. The first kappa shape index (κ1) is 20.7. The average Bonchev–Trinajstić information content (AvgIpc) is 2.45. The van der Waals surface area contributed by atoms with Crippen molar-refractivity contribution in [3.63, 3.8) is 0 Å². The van der Waals surface area contributed by atoms with Crippen LogP contribution in [0.5, 0.6) is 11.5 Å². The zero-order chi connectivity index (χ0) is 15.7. The van der Waals surface area contributed by atoms with E-state index in [2.05, 4.69) is 15.0 Å². The number of nitrogens with one attached hydrogen (secondary N) is 1. The number of hydrogen-bond donors (Lipinski definition) is 2. The fourth-order valence-electron chi connectivity index (χ4n) is 1.66. The van der Waals surface area contributed by atoms with Crippen molar-refractivity contribution in [2.45, 2.75) is 33.4 Å². The molecule has 0 aliphatic heterocycles. The topological polar surface area (TPSA) is 68.9 Å². The minimum atomic E-state index is -2.93. The second kappa shape index (κ2) is 11.3. The summed E-state index contributed by atoms with van der Waals surface area (Å²) in [6.07, 6.45) is 0.912. The summed E-state index contributed by atoms with van der Waals surface area (Å²) in [5.41, 5.74) is 6.16. The van der Waals surface area contributed by atoms with Gasteiger partial charge in [0.1, 0.15) is 0 Å². The minimum absolute atomic E-state index is 0. The van der Waals surface area contributed by atoms with Crippen molar-refractivity contribution < 1.29 is 18.3 Å². The predicted molar refractivity (Wildman–Crippen MR) is 93.3 cm³/mol. The summed E-state index contributed by atoms with van der Waals surface area (Å²) < 4.78 is 34.9. The van der Waals surface area contributed by atoms with Crippen LogP contribution in [-0.4, -0.2) is 25.7 Å². The van der Waals surface area contributed by atoms with Gasteiger partial charge in [0.05, 0.1) is 13.2 Å². The maximum absolute atomic E-state index is 12.5. The van der Waals surface area contributed by atoms with Crippen LogP contribution in [0.3, 0.4) is 0 Å². The molecule has 5 nitrogen and oxygen atoms in total. The molecule has 8 heteroatoms. The van der Waals surface area contributed by atoms with Crippen molar-refractivity contribution in [3.05, 3.63) is 23.8 Å². The van der Waals surface area contributed by atoms with E-state index in [-0.39, 0.29) is 48.0 Å². The van der Waals surface area contributed by atoms with E-state index in [1.165, 1.54) is 0 Å². The van der Waals surface area contributed by atoms with Crippen LogP contribution in [0.25, 0.3) is 0 Å². The van der Waals surface area contributed by atoms with Gasteiger partial charge in [-0.15, -0.1) is 24.0 Å². The highest BCUT2D eigenvalue weighted by atomic mass is 127. The van der Waals surface area contributed by atoms with Crippen molar-refractivity contribution in [1.29, 1.82) is 0 Å². The van der Waals surface area contributed by atoms with E-state index in [1.54, 1.807) is 25.1 Å². The molecule has 22 heavy (non-hydrogen) atoms. The monoisotopic (exact) mass is 429 g/mol. The zero-order valence-corrected chi connectivity index (χ0v) is 15.0. The highest BCUT2D eigenvalue weighted by Crippen LogP contribution is 2.33. The lowest BCUT2D eigenvalue weighted by molar-refractivity contribution is -0.0520. The SMILES string of the molecule is CCCNC(N)=NCc1cccc(OCC)c1OC(F)F.I. The fraction of sp³-hybridized carbons (Fsp3) is 0.500. The number of nitrogens with two attached hydrogens (primary N) is 1. The number of para-hydroxylation sites is 1. The largest absolute Gasteiger partial charge is 0.490 e. The van der Waals surface area contributed by atoms with Gasteiger partial charge in [-0.2, -0.15) is 8.78 Å². The average molecular weight is 429 g/mol. The van der Waals surface area contributed by atoms with Gasteiger partial charge in [-0.25, -0.2) is 4.99 Å². The Balaban J connectivity index is 0.00000441. The molecule has 0 spiro atoms. The van der Waals surface area contributed by atoms with Crippen LogP contribution >= 0.6 is 24.0 Å². The van der Waals surface area contributed by atoms with Gasteiger partial charge in [0.25, 0.3) is 0 Å². The minimum Gasteiger partial charge on any atom is -0.490 e. The second-order valence-corrected chi connectivity index (χ2v) is 4.18. The zero-order valence-electron chi connectivity index (χ0n) is 12.6. The molecule has 1 aromatic carbocycles. The lowest BCUT2D eigenvalue weighted by Gasteiger charge is -2.14. The van der Waals surface area contributed by atoms with Crippen LogP contribution in [0.15, 0.2) is 23.2 Å². The molecule has 0 fully saturated rings. The van der Waals surface area contributed by atoms with Crippen LogP contribution in [0.2, 0.25) is 0 Å². The molecule has 3 N–H and O–H groups in total. The van der Waals surface area contributed by atoms with Crippen molar-refractivity contribution in [1.82, 2.24) is 5.32 Å². The molecule has 0 aliphatic rings. The summed E-state index contributed by atoms with van der Waals surface area (Å²) in [6, 6.07) is 4.92. The number of aliphatic imine (C=N–C) groups is 1. The van der Waals surface area contributed by atoms with Gasteiger partial charge in [-0.1, -0.05) is 19.1 Å². The van der Waals surface area contributed by atoms with Crippen LogP contribution < -0.4 is 20.5 Å². The van der Waals surface area contributed by atoms with Crippen LogP contribution in [0.4, 0.5) is 8.78 Å². The Morgan fingerprint density at radius 3 is 2.68 bits per heavy atom. The van der Waals surface area contributed by atoms with Crippen LogP contribution in [0.1, 0.15) is 25.8 Å². The smallest absolute Gasteiger partial charge is 0.387 e. The maximum Gasteiger partial charge on any atom is 0.387 e. The normalized spacial score (nSPS) is 11.0. The highest BCUT2D eigenvalue weighted by molar-refractivity contribution is 14.0. The van der Waals surface area contributed by atoms with Crippen molar-refractivity contribution in [3.8, 4) is 11.5 Å². The molecule has 1 rings (SSSR count). The van der Waals surface area contributed by atoms with E-state index < -0.39 is 6.61 Å². The number of rotatable bonds is 8. The molecule has 126 valence electrons. The number of ether oxygens (including phenoxy) is 2. The Morgan fingerprint density at radius 2 is 2.09 bits per heavy atom. The van der Waals surface area contributed by atoms with E-state index in [4.69, 9.17) is 10.5 Å². The van der Waals surface area contributed by atoms with Gasteiger partial charge in [0.2, 0.25) is 0 Å². The maximum atomic E-state index is 12.5. The number of hydrogen-bond acceptors (Lipinski definition) is 3. The summed E-state index contributed by atoms with van der Waals surface area (Å²) in [5.74, 6) is 0.536.